The number of anilines is 1. The molecule has 0 unspecified atom stereocenters. The van der Waals surface area contributed by atoms with E-state index in [1.165, 1.54) is 25.1 Å². The third kappa shape index (κ3) is 3.84. The van der Waals surface area contributed by atoms with E-state index in [-0.39, 0.29) is 17.3 Å². The number of hydrazone groups is 1. The fourth-order valence-corrected chi connectivity index (χ4v) is 3.00. The number of nitrogen functional groups attached to an aromatic ring is 1. The first-order valence-electron chi connectivity index (χ1n) is 9.28. The van der Waals surface area contributed by atoms with E-state index in [9.17, 15) is 4.79 Å². The van der Waals surface area contributed by atoms with Crippen LogP contribution in [0.5, 0.6) is 11.5 Å². The van der Waals surface area contributed by atoms with Crippen molar-refractivity contribution < 1.29 is 18.9 Å². The lowest BCUT2D eigenvalue weighted by Gasteiger charge is -2.09. The third-order valence-electron chi connectivity index (χ3n) is 4.43. The monoisotopic (exact) mass is 434 g/mol. The van der Waals surface area contributed by atoms with Crippen molar-refractivity contribution in [2.24, 2.45) is 5.10 Å². The van der Waals surface area contributed by atoms with E-state index in [4.69, 9.17) is 15.2 Å². The average molecular weight is 434 g/mol. The van der Waals surface area contributed by atoms with Gasteiger partial charge >= 0.3 is 0 Å². The maximum absolute atomic E-state index is 12.9. The lowest BCUT2D eigenvalue weighted by Crippen LogP contribution is -2.19. The van der Waals surface area contributed by atoms with E-state index in [2.05, 4.69) is 35.8 Å². The number of benzene rings is 2. The molecule has 3 N–H and O–H groups in total. The SMILES string of the molecule is COc1cccc(/C=N/NC(=O)c2nnn(-c3nonc3N)c2-c2ccccc2)c1OC. The highest BCUT2D eigenvalue weighted by Gasteiger charge is 2.25. The molecule has 0 aliphatic carbocycles. The van der Waals surface area contributed by atoms with Crippen LogP contribution < -0.4 is 20.6 Å². The average Bonchev–Trinajstić information content (AvgIpc) is 3.45. The summed E-state index contributed by atoms with van der Waals surface area (Å²) in [5, 5.41) is 19.3. The van der Waals surface area contributed by atoms with Gasteiger partial charge in [-0.1, -0.05) is 41.6 Å². The molecule has 2 heterocycles. The summed E-state index contributed by atoms with van der Waals surface area (Å²) in [6.07, 6.45) is 1.44. The van der Waals surface area contributed by atoms with E-state index >= 15 is 0 Å². The van der Waals surface area contributed by atoms with Crippen molar-refractivity contribution >= 4 is 17.9 Å². The molecule has 2 aromatic carbocycles. The smallest absolute Gasteiger partial charge is 0.294 e. The molecule has 0 spiro atoms. The lowest BCUT2D eigenvalue weighted by atomic mass is 10.1. The van der Waals surface area contributed by atoms with Crippen LogP contribution in [0.1, 0.15) is 16.1 Å². The first-order chi connectivity index (χ1) is 15.6. The van der Waals surface area contributed by atoms with Crippen LogP contribution in [0.4, 0.5) is 5.82 Å². The molecule has 0 aliphatic rings. The number of ether oxygens (including phenoxy) is 2. The molecule has 12 nitrogen and oxygen atoms in total. The first-order valence-corrected chi connectivity index (χ1v) is 9.28. The molecule has 4 aromatic rings. The van der Waals surface area contributed by atoms with Crippen LogP contribution in [-0.4, -0.2) is 51.6 Å². The summed E-state index contributed by atoms with van der Waals surface area (Å²) in [6, 6.07) is 14.3. The highest BCUT2D eigenvalue weighted by Crippen LogP contribution is 2.29. The van der Waals surface area contributed by atoms with Gasteiger partial charge in [-0.3, -0.25) is 4.79 Å². The second kappa shape index (κ2) is 8.95. The summed E-state index contributed by atoms with van der Waals surface area (Å²) in [5.41, 5.74) is 9.87. The number of carbonyl (C=O) groups is 1. The predicted molar refractivity (Wildman–Crippen MR) is 114 cm³/mol. The van der Waals surface area contributed by atoms with Gasteiger partial charge in [-0.05, 0) is 22.4 Å². The van der Waals surface area contributed by atoms with E-state index in [1.54, 1.807) is 30.3 Å². The number of hydrogen-bond acceptors (Lipinski definition) is 10. The highest BCUT2D eigenvalue weighted by atomic mass is 16.6. The molecule has 162 valence electrons. The van der Waals surface area contributed by atoms with Crippen molar-refractivity contribution in [3.8, 4) is 28.6 Å². The van der Waals surface area contributed by atoms with Gasteiger partial charge in [0.15, 0.2) is 17.2 Å². The Morgan fingerprint density at radius 2 is 1.94 bits per heavy atom. The molecule has 0 saturated carbocycles. The number of carbonyl (C=O) groups excluding carboxylic acids is 1. The lowest BCUT2D eigenvalue weighted by molar-refractivity contribution is 0.0950. The van der Waals surface area contributed by atoms with Gasteiger partial charge in [0.2, 0.25) is 11.6 Å². The van der Waals surface area contributed by atoms with Crippen molar-refractivity contribution in [1.82, 2.24) is 30.7 Å². The van der Waals surface area contributed by atoms with Crippen LogP contribution in [0.25, 0.3) is 17.1 Å². The largest absolute Gasteiger partial charge is 0.493 e. The summed E-state index contributed by atoms with van der Waals surface area (Å²) in [5.74, 6) is 0.541. The Bertz CT molecular complexity index is 1270. The van der Waals surface area contributed by atoms with E-state index in [1.807, 2.05) is 18.2 Å². The van der Waals surface area contributed by atoms with Crippen LogP contribution in [0.15, 0.2) is 58.3 Å². The fourth-order valence-electron chi connectivity index (χ4n) is 3.00. The van der Waals surface area contributed by atoms with Crippen LogP contribution in [0.3, 0.4) is 0 Å². The van der Waals surface area contributed by atoms with Crippen molar-refractivity contribution in [3.63, 3.8) is 0 Å². The number of nitrogens with one attached hydrogen (secondary N) is 1. The molecule has 0 radical (unpaired) electrons. The van der Waals surface area contributed by atoms with E-state index in [0.29, 0.717) is 28.3 Å². The molecule has 0 saturated heterocycles. The Hall–Kier alpha value is -4.74. The summed E-state index contributed by atoms with van der Waals surface area (Å²) < 4.78 is 16.6. The molecule has 0 bridgehead atoms. The van der Waals surface area contributed by atoms with Gasteiger partial charge in [-0.25, -0.2) is 10.1 Å². The summed E-state index contributed by atoms with van der Waals surface area (Å²) in [7, 11) is 3.05. The van der Waals surface area contributed by atoms with Crippen molar-refractivity contribution in [2.75, 3.05) is 20.0 Å². The van der Waals surface area contributed by atoms with Crippen LogP contribution >= 0.6 is 0 Å². The van der Waals surface area contributed by atoms with E-state index < -0.39 is 5.91 Å². The molecule has 1 amide bonds. The van der Waals surface area contributed by atoms with E-state index in [0.717, 1.165) is 0 Å². The van der Waals surface area contributed by atoms with Crippen LogP contribution in [0, 0.1) is 0 Å². The van der Waals surface area contributed by atoms with Gasteiger partial charge in [0.1, 0.15) is 5.69 Å². The van der Waals surface area contributed by atoms with Gasteiger partial charge in [0, 0.05) is 11.1 Å². The summed E-state index contributed by atoms with van der Waals surface area (Å²) in [4.78, 5) is 12.9. The Morgan fingerprint density at radius 3 is 2.62 bits per heavy atom. The van der Waals surface area contributed by atoms with Crippen molar-refractivity contribution in [3.05, 3.63) is 59.8 Å². The molecule has 2 aromatic heterocycles. The molecule has 0 aliphatic heterocycles. The molecular weight excluding hydrogens is 416 g/mol. The highest BCUT2D eigenvalue weighted by molar-refractivity contribution is 5.99. The Morgan fingerprint density at radius 1 is 1.12 bits per heavy atom. The number of hydrogen-bond donors (Lipinski definition) is 2. The first kappa shape index (κ1) is 20.5. The Balaban J connectivity index is 1.66. The number of nitrogens with zero attached hydrogens (tertiary/aromatic N) is 6. The normalized spacial score (nSPS) is 10.9. The molecule has 32 heavy (non-hydrogen) atoms. The second-order valence-electron chi connectivity index (χ2n) is 6.32. The van der Waals surface area contributed by atoms with Gasteiger partial charge in [0.05, 0.1) is 20.4 Å². The molecule has 4 rings (SSSR count). The summed E-state index contributed by atoms with van der Waals surface area (Å²) >= 11 is 0. The minimum Gasteiger partial charge on any atom is -0.493 e. The molecular formula is C20H18N8O4. The number of aromatic nitrogens is 5. The maximum Gasteiger partial charge on any atom is 0.294 e. The predicted octanol–water partition coefficient (Wildman–Crippen LogP) is 1.68. The maximum atomic E-state index is 12.9. The number of methoxy groups -OCH3 is 2. The zero-order chi connectivity index (χ0) is 22.5. The van der Waals surface area contributed by atoms with Crippen molar-refractivity contribution in [1.29, 1.82) is 0 Å². The Kier molecular flexibility index (Phi) is 5.74. The Labute approximate surface area is 181 Å². The van der Waals surface area contributed by atoms with Gasteiger partial charge < -0.3 is 15.2 Å². The van der Waals surface area contributed by atoms with Crippen LogP contribution in [-0.2, 0) is 0 Å². The van der Waals surface area contributed by atoms with Crippen LogP contribution in [0.2, 0.25) is 0 Å². The van der Waals surface area contributed by atoms with Crippen molar-refractivity contribution in [2.45, 2.75) is 0 Å². The molecule has 12 heteroatoms. The van der Waals surface area contributed by atoms with Gasteiger partial charge in [-0.2, -0.15) is 9.78 Å². The fraction of sp³-hybridized carbons (Fsp3) is 0.100. The molecule has 0 fully saturated rings. The minimum absolute atomic E-state index is 0.00202. The topological polar surface area (TPSA) is 156 Å². The quantitative estimate of drug-likeness (QED) is 0.326. The number of nitrogens with two attached hydrogens (primary N) is 1. The molecule has 0 atom stereocenters. The standard InChI is InChI=1S/C20H18N8O4/c1-30-14-10-6-9-13(17(14)31-2)11-22-24-20(29)15-16(12-7-4-3-5-8-12)28(27-23-15)19-18(21)25-32-26-19/h3-11H,1-2H3,(H2,21,25)(H,24,29)/b22-11+. The summed E-state index contributed by atoms with van der Waals surface area (Å²) in [6.45, 7) is 0. The zero-order valence-electron chi connectivity index (χ0n) is 17.1. The zero-order valence-corrected chi connectivity index (χ0v) is 17.1. The number of para-hydroxylation sites is 1. The number of rotatable bonds is 7. The third-order valence-corrected chi connectivity index (χ3v) is 4.43. The second-order valence-corrected chi connectivity index (χ2v) is 6.32. The number of amides is 1. The van der Waals surface area contributed by atoms with Gasteiger partial charge in [0.25, 0.3) is 5.91 Å². The minimum atomic E-state index is -0.594. The van der Waals surface area contributed by atoms with Gasteiger partial charge in [-0.15, -0.1) is 5.10 Å².